The summed E-state index contributed by atoms with van der Waals surface area (Å²) in [5, 5.41) is 9.57. The Labute approximate surface area is 193 Å². The number of carbonyl (C=O) groups is 1. The van der Waals surface area contributed by atoms with Crippen molar-refractivity contribution in [3.05, 3.63) is 33.9 Å². The third-order valence-corrected chi connectivity index (χ3v) is 26.8. The van der Waals surface area contributed by atoms with Gasteiger partial charge in [0, 0.05) is 22.5 Å². The SMILES string of the molecule is C=C(C)/C(C)=C/C(C)C([N+](=O)[O-])C(C)(C)C(C)(C(=O)CC)S(=S)(=S)S(=S)(=S)S. The first kappa shape index (κ1) is 28.5. The lowest BCUT2D eigenvalue weighted by Crippen LogP contribution is -2.62. The number of thiol groups is 1. The van der Waals surface area contributed by atoms with Crippen LogP contribution in [0.2, 0.25) is 0 Å². The predicted molar refractivity (Wildman–Crippen MR) is 139 cm³/mol. The molecule has 0 N–H and O–H groups in total. The van der Waals surface area contributed by atoms with E-state index >= 15 is 0 Å². The van der Waals surface area contributed by atoms with Crippen molar-refractivity contribution in [2.24, 2.45) is 11.3 Å². The fraction of sp³-hybridized carbons (Fsp3) is 0.706. The Morgan fingerprint density at radius 2 is 1.68 bits per heavy atom. The molecule has 4 nitrogen and oxygen atoms in total. The number of ketones is 1. The van der Waals surface area contributed by atoms with Gasteiger partial charge < -0.3 is 0 Å². The summed E-state index contributed by atoms with van der Waals surface area (Å²) in [5.74, 6) is -0.747. The van der Waals surface area contributed by atoms with Crippen LogP contribution in [-0.2, 0) is 60.9 Å². The highest BCUT2D eigenvalue weighted by atomic mass is 33.9. The molecule has 3 atom stereocenters. The third-order valence-electron chi connectivity index (χ3n) is 5.51. The van der Waals surface area contributed by atoms with Crippen molar-refractivity contribution < 1.29 is 9.72 Å². The highest BCUT2D eigenvalue weighted by Gasteiger charge is 2.61. The van der Waals surface area contributed by atoms with Crippen molar-refractivity contribution in [1.29, 1.82) is 0 Å². The maximum Gasteiger partial charge on any atom is 0.225 e. The van der Waals surface area contributed by atoms with E-state index in [2.05, 4.69) is 18.2 Å². The average molecular weight is 520 g/mol. The van der Waals surface area contributed by atoms with Crippen LogP contribution in [0.5, 0.6) is 0 Å². The molecule has 0 saturated heterocycles. The van der Waals surface area contributed by atoms with Crippen molar-refractivity contribution in [3.63, 3.8) is 0 Å². The third kappa shape index (κ3) is 5.20. The average Bonchev–Trinajstić information content (AvgIpc) is 2.50. The van der Waals surface area contributed by atoms with Gasteiger partial charge in [0.25, 0.3) is 0 Å². The van der Waals surface area contributed by atoms with Crippen LogP contribution in [0, 0.1) is 21.4 Å². The van der Waals surface area contributed by atoms with Crippen LogP contribution < -0.4 is 0 Å². The van der Waals surface area contributed by atoms with Crippen LogP contribution >= 0.6 is 11.7 Å². The molecule has 0 spiro atoms. The number of allylic oxidation sites excluding steroid dienone is 2. The molecule has 0 aliphatic rings. The van der Waals surface area contributed by atoms with E-state index in [1.165, 1.54) is 0 Å². The van der Waals surface area contributed by atoms with Gasteiger partial charge in [-0.1, -0.05) is 63.2 Å². The van der Waals surface area contributed by atoms with E-state index in [0.29, 0.717) is 0 Å². The Hall–Kier alpha value is 0.480. The second kappa shape index (κ2) is 9.74. The summed E-state index contributed by atoms with van der Waals surface area (Å²) in [5.41, 5.74) is 0.474. The maximum absolute atomic E-state index is 13.2. The molecule has 28 heavy (non-hydrogen) atoms. The van der Waals surface area contributed by atoms with Gasteiger partial charge in [0.1, 0.15) is 4.75 Å². The van der Waals surface area contributed by atoms with Crippen LogP contribution in [0.4, 0.5) is 0 Å². The van der Waals surface area contributed by atoms with E-state index in [1.54, 1.807) is 40.7 Å². The van der Waals surface area contributed by atoms with E-state index in [-0.39, 0.29) is 17.1 Å². The molecule has 3 unspecified atom stereocenters. The Bertz CT molecular complexity index is 901. The van der Waals surface area contributed by atoms with Crippen LogP contribution in [0.3, 0.4) is 0 Å². The Morgan fingerprint density at radius 3 is 1.96 bits per heavy atom. The smallest absolute Gasteiger partial charge is 0.225 e. The molecule has 11 heteroatoms. The summed E-state index contributed by atoms with van der Waals surface area (Å²) in [7, 11) is 0. The highest BCUT2D eigenvalue weighted by molar-refractivity contribution is 9.29. The molecule has 0 fully saturated rings. The summed E-state index contributed by atoms with van der Waals surface area (Å²) in [6.45, 7) is 16.0. The molecule has 0 aromatic rings. The fourth-order valence-electron chi connectivity index (χ4n) is 3.39. The van der Waals surface area contributed by atoms with Crippen LogP contribution in [-0.4, -0.2) is 21.5 Å². The number of carbonyl (C=O) groups excluding carboxylic acids is 1. The number of nitrogens with zero attached hydrogens (tertiary/aromatic N) is 1. The summed E-state index contributed by atoms with van der Waals surface area (Å²) in [6, 6.07) is -1.12. The fourth-order valence-corrected chi connectivity index (χ4v) is 12.8. The van der Waals surface area contributed by atoms with Crippen molar-refractivity contribution in [3.8, 4) is 0 Å². The van der Waals surface area contributed by atoms with Crippen molar-refractivity contribution in [1.82, 2.24) is 0 Å². The van der Waals surface area contributed by atoms with Crippen molar-refractivity contribution in [2.75, 3.05) is 0 Å². The largest absolute Gasteiger partial charge is 0.298 e. The van der Waals surface area contributed by atoms with Gasteiger partial charge in [-0.25, -0.2) is 0 Å². The van der Waals surface area contributed by atoms with Gasteiger partial charge in [-0.15, -0.1) is 0 Å². The van der Waals surface area contributed by atoms with E-state index in [9.17, 15) is 14.9 Å². The van der Waals surface area contributed by atoms with E-state index in [4.69, 9.17) is 44.8 Å². The first-order chi connectivity index (χ1) is 12.3. The molecule has 162 valence electrons. The quantitative estimate of drug-likeness (QED) is 0.150. The summed E-state index contributed by atoms with van der Waals surface area (Å²) < 4.78 is -1.42. The number of nitro groups is 1. The Balaban J connectivity index is 7.02. The molecule has 0 saturated carbocycles. The van der Waals surface area contributed by atoms with E-state index < -0.39 is 33.5 Å². The molecule has 0 radical (unpaired) electrons. The lowest BCUT2D eigenvalue weighted by Gasteiger charge is -2.47. The Morgan fingerprint density at radius 1 is 1.25 bits per heavy atom. The first-order valence-electron chi connectivity index (χ1n) is 8.53. The molecule has 0 bridgehead atoms. The van der Waals surface area contributed by atoms with Gasteiger partial charge in [-0.3, -0.25) is 14.9 Å². The summed E-state index contributed by atoms with van der Waals surface area (Å²) in [6.07, 6.45) is -0.872. The zero-order valence-electron chi connectivity index (χ0n) is 17.2. The zero-order valence-corrected chi connectivity index (χ0v) is 23.0. The second-order valence-corrected chi connectivity index (χ2v) is 26.9. The number of hydrogen-bond acceptors (Lipinski definition) is 7. The molecule has 0 aliphatic heterocycles. The van der Waals surface area contributed by atoms with Crippen LogP contribution in [0.25, 0.3) is 0 Å². The zero-order chi connectivity index (χ0) is 22.9. The summed E-state index contributed by atoms with van der Waals surface area (Å²) >= 11 is 26.5. The minimum absolute atomic E-state index is 0.134. The molecule has 0 aliphatic carbocycles. The molecule has 0 aromatic carbocycles. The highest BCUT2D eigenvalue weighted by Crippen LogP contribution is 2.48. The van der Waals surface area contributed by atoms with E-state index in [0.717, 1.165) is 11.1 Å². The molecule has 0 rings (SSSR count). The van der Waals surface area contributed by atoms with Crippen LogP contribution in [0.15, 0.2) is 23.8 Å². The van der Waals surface area contributed by atoms with Gasteiger partial charge in [0.15, 0.2) is 5.78 Å². The maximum atomic E-state index is 13.2. The lowest BCUT2D eigenvalue weighted by molar-refractivity contribution is -0.548. The van der Waals surface area contributed by atoms with Gasteiger partial charge in [-0.05, 0) is 71.7 Å². The molecule has 0 amide bonds. The predicted octanol–water partition coefficient (Wildman–Crippen LogP) is 4.47. The van der Waals surface area contributed by atoms with Crippen molar-refractivity contribution in [2.45, 2.75) is 65.7 Å². The lowest BCUT2D eigenvalue weighted by atomic mass is 9.67. The van der Waals surface area contributed by atoms with Gasteiger partial charge >= 0.3 is 0 Å². The molecule has 0 heterocycles. The van der Waals surface area contributed by atoms with Crippen molar-refractivity contribution >= 4 is 73.6 Å². The van der Waals surface area contributed by atoms with Gasteiger partial charge in [0.05, 0.1) is 5.41 Å². The molecule has 0 aromatic heterocycles. The first-order valence-corrected chi connectivity index (χ1v) is 17.1. The minimum atomic E-state index is -2.81. The molecular weight excluding hydrogens is 491 g/mol. The number of Topliss-reactive ketones (excluding diaryl/α,β-unsaturated/α-hetero) is 1. The van der Waals surface area contributed by atoms with Gasteiger partial charge in [-0.2, -0.15) is 0 Å². The minimum Gasteiger partial charge on any atom is -0.298 e. The topological polar surface area (TPSA) is 60.2 Å². The van der Waals surface area contributed by atoms with Crippen LogP contribution in [0.1, 0.15) is 54.9 Å². The normalized spacial score (nSPS) is 18.1. The van der Waals surface area contributed by atoms with Gasteiger partial charge in [0.2, 0.25) is 6.04 Å². The summed E-state index contributed by atoms with van der Waals surface area (Å²) in [4.78, 5) is 25.0. The van der Waals surface area contributed by atoms with E-state index in [1.807, 2.05) is 13.8 Å². The standard InChI is InChI=1S/C17H29NO3S7/c1-9-14(19)17(8,27(22,23)28(24,25)26)16(6,7)15(18(20)21)13(5)10-12(4)11(2)3/h10,13,15H,2,9H2,1,3-8H3,(H,24,25,26)/b12-10+. The second-order valence-electron chi connectivity index (χ2n) is 7.63. The number of rotatable bonds is 10. The number of hydrogen-bond donors (Lipinski definition) is 1. The monoisotopic (exact) mass is 519 g/mol. The Kier molecular flexibility index (Phi) is 9.91. The molecular formula is C17H29NO3S7.